The molecule has 0 aliphatic heterocycles. The van der Waals surface area contributed by atoms with Gasteiger partial charge in [-0.15, -0.1) is 0 Å². The summed E-state index contributed by atoms with van der Waals surface area (Å²) in [5.41, 5.74) is 8.45. The highest BCUT2D eigenvalue weighted by molar-refractivity contribution is 5.78. The summed E-state index contributed by atoms with van der Waals surface area (Å²) in [5, 5.41) is 4.61. The van der Waals surface area contributed by atoms with Crippen LogP contribution in [0, 0.1) is 5.82 Å². The third-order valence-electron chi connectivity index (χ3n) is 4.51. The smallest absolute Gasteiger partial charge is 0.131 e. The highest BCUT2D eigenvalue weighted by Gasteiger charge is 2.37. The quantitative estimate of drug-likeness (QED) is 0.907. The molecule has 2 aromatic rings. The van der Waals surface area contributed by atoms with E-state index in [1.54, 1.807) is 16.8 Å². The number of nitrogens with zero attached hydrogens (tertiary/aromatic N) is 2. The van der Waals surface area contributed by atoms with Gasteiger partial charge in [0.25, 0.3) is 0 Å². The van der Waals surface area contributed by atoms with Crippen LogP contribution in [0.25, 0.3) is 11.1 Å². The lowest BCUT2D eigenvalue weighted by atomic mass is 9.81. The number of hydrogen-bond acceptors (Lipinski definition) is 2. The molecule has 20 heavy (non-hydrogen) atoms. The molecule has 1 aromatic carbocycles. The predicted molar refractivity (Wildman–Crippen MR) is 78.8 cm³/mol. The highest BCUT2D eigenvalue weighted by Crippen LogP contribution is 2.45. The predicted octanol–water partition coefficient (Wildman–Crippen LogP) is 3.64. The first kappa shape index (κ1) is 13.2. The maximum Gasteiger partial charge on any atom is 0.131 e. The summed E-state index contributed by atoms with van der Waals surface area (Å²) in [6.45, 7) is 2.21. The van der Waals surface area contributed by atoms with E-state index in [0.29, 0.717) is 11.4 Å². The van der Waals surface area contributed by atoms with Gasteiger partial charge in [-0.05, 0) is 18.9 Å². The number of rotatable bonds is 2. The molecule has 1 saturated carbocycles. The molecule has 1 heterocycles. The second-order valence-electron chi connectivity index (χ2n) is 5.98. The fourth-order valence-corrected chi connectivity index (χ4v) is 3.28. The van der Waals surface area contributed by atoms with Crippen molar-refractivity contribution >= 4 is 5.82 Å². The number of aryl methyl sites for hydroxylation is 1. The summed E-state index contributed by atoms with van der Waals surface area (Å²) in [7, 11) is 1.82. The molecule has 106 valence electrons. The summed E-state index contributed by atoms with van der Waals surface area (Å²) in [5.74, 6) is 0.299. The lowest BCUT2D eigenvalue weighted by Crippen LogP contribution is -2.19. The topological polar surface area (TPSA) is 43.8 Å². The molecule has 0 atom stereocenters. The van der Waals surface area contributed by atoms with Crippen molar-refractivity contribution in [3.8, 4) is 11.1 Å². The Labute approximate surface area is 118 Å². The Morgan fingerprint density at radius 1 is 1.25 bits per heavy atom. The zero-order valence-corrected chi connectivity index (χ0v) is 12.0. The summed E-state index contributed by atoms with van der Waals surface area (Å²) in [4.78, 5) is 0. The van der Waals surface area contributed by atoms with Gasteiger partial charge in [0.2, 0.25) is 0 Å². The summed E-state index contributed by atoms with van der Waals surface area (Å²) < 4.78 is 15.8. The van der Waals surface area contributed by atoms with Crippen LogP contribution in [0.3, 0.4) is 0 Å². The Bertz CT molecular complexity index is 639. The van der Waals surface area contributed by atoms with Crippen LogP contribution in [-0.2, 0) is 12.5 Å². The molecule has 0 spiro atoms. The first-order chi connectivity index (χ1) is 9.53. The minimum absolute atomic E-state index is 0.00694. The van der Waals surface area contributed by atoms with Gasteiger partial charge in [-0.3, -0.25) is 4.68 Å². The van der Waals surface area contributed by atoms with E-state index >= 15 is 0 Å². The van der Waals surface area contributed by atoms with Crippen LogP contribution < -0.4 is 5.73 Å². The van der Waals surface area contributed by atoms with Gasteiger partial charge in [0.15, 0.2) is 0 Å². The van der Waals surface area contributed by atoms with Crippen LogP contribution in [0.5, 0.6) is 0 Å². The minimum Gasteiger partial charge on any atom is -0.383 e. The zero-order valence-electron chi connectivity index (χ0n) is 12.0. The fourth-order valence-electron chi connectivity index (χ4n) is 3.28. The molecule has 0 radical (unpaired) electrons. The van der Waals surface area contributed by atoms with E-state index in [1.165, 1.54) is 18.9 Å². The molecule has 4 heteroatoms. The molecule has 1 fully saturated rings. The summed E-state index contributed by atoms with van der Waals surface area (Å²) >= 11 is 0. The second-order valence-corrected chi connectivity index (χ2v) is 5.98. The van der Waals surface area contributed by atoms with E-state index in [1.807, 2.05) is 13.1 Å². The lowest BCUT2D eigenvalue weighted by Gasteiger charge is -2.22. The number of hydrogen-bond donors (Lipinski definition) is 1. The van der Waals surface area contributed by atoms with Gasteiger partial charge in [0.1, 0.15) is 11.6 Å². The van der Waals surface area contributed by atoms with Gasteiger partial charge in [-0.25, -0.2) is 4.39 Å². The van der Waals surface area contributed by atoms with E-state index in [0.717, 1.165) is 24.1 Å². The van der Waals surface area contributed by atoms with Crippen molar-refractivity contribution in [1.29, 1.82) is 0 Å². The van der Waals surface area contributed by atoms with Crippen LogP contribution in [0.4, 0.5) is 10.2 Å². The molecule has 2 N–H and O–H groups in total. The maximum atomic E-state index is 14.2. The van der Waals surface area contributed by atoms with E-state index in [4.69, 9.17) is 5.73 Å². The average Bonchev–Trinajstić information content (AvgIpc) is 2.98. The van der Waals surface area contributed by atoms with Gasteiger partial charge >= 0.3 is 0 Å². The monoisotopic (exact) mass is 273 g/mol. The third-order valence-corrected chi connectivity index (χ3v) is 4.51. The van der Waals surface area contributed by atoms with Crippen LogP contribution >= 0.6 is 0 Å². The standard InChI is InChI=1S/C16H20FN3/c1-16(9-5-6-10-16)14-13(15(18)20(2)19-14)11-7-3-4-8-12(11)17/h3-4,7-8H,5-6,9-10,18H2,1-2H3. The highest BCUT2D eigenvalue weighted by atomic mass is 19.1. The molecule has 3 nitrogen and oxygen atoms in total. The number of anilines is 1. The van der Waals surface area contributed by atoms with E-state index in [2.05, 4.69) is 12.0 Å². The number of nitrogen functional groups attached to an aromatic ring is 1. The van der Waals surface area contributed by atoms with Crippen molar-refractivity contribution in [3.05, 3.63) is 35.8 Å². The third kappa shape index (κ3) is 1.90. The normalized spacial score (nSPS) is 17.6. The molecule has 1 aliphatic rings. The van der Waals surface area contributed by atoms with Crippen LogP contribution in [0.2, 0.25) is 0 Å². The molecule has 3 rings (SSSR count). The Morgan fingerprint density at radius 2 is 1.90 bits per heavy atom. The summed E-state index contributed by atoms with van der Waals surface area (Å²) in [6.07, 6.45) is 4.57. The first-order valence-electron chi connectivity index (χ1n) is 7.11. The summed E-state index contributed by atoms with van der Waals surface area (Å²) in [6, 6.07) is 6.79. The molecular weight excluding hydrogens is 253 g/mol. The first-order valence-corrected chi connectivity index (χ1v) is 7.11. The van der Waals surface area contributed by atoms with Gasteiger partial charge in [-0.2, -0.15) is 5.10 Å². The van der Waals surface area contributed by atoms with E-state index in [-0.39, 0.29) is 11.2 Å². The molecule has 0 unspecified atom stereocenters. The van der Waals surface area contributed by atoms with Crippen molar-refractivity contribution in [3.63, 3.8) is 0 Å². The van der Waals surface area contributed by atoms with Crippen LogP contribution in [-0.4, -0.2) is 9.78 Å². The number of halogens is 1. The Morgan fingerprint density at radius 3 is 2.55 bits per heavy atom. The van der Waals surface area contributed by atoms with E-state index < -0.39 is 0 Å². The zero-order chi connectivity index (χ0) is 14.3. The van der Waals surface area contributed by atoms with Gasteiger partial charge in [0, 0.05) is 18.0 Å². The second kappa shape index (κ2) is 4.62. The average molecular weight is 273 g/mol. The molecular formula is C16H20FN3. The molecule has 1 aliphatic carbocycles. The Hall–Kier alpha value is -1.84. The van der Waals surface area contributed by atoms with Crippen LogP contribution in [0.1, 0.15) is 38.3 Å². The molecule has 0 amide bonds. The van der Waals surface area contributed by atoms with Crippen molar-refractivity contribution in [2.24, 2.45) is 7.05 Å². The molecule has 0 saturated heterocycles. The Kier molecular flexibility index (Phi) is 3.04. The van der Waals surface area contributed by atoms with Crippen molar-refractivity contribution in [1.82, 2.24) is 9.78 Å². The van der Waals surface area contributed by atoms with E-state index in [9.17, 15) is 4.39 Å². The number of nitrogens with two attached hydrogens (primary N) is 1. The van der Waals surface area contributed by atoms with Crippen molar-refractivity contribution < 1.29 is 4.39 Å². The van der Waals surface area contributed by atoms with Gasteiger partial charge in [0.05, 0.1) is 11.3 Å². The Balaban J connectivity index is 2.23. The maximum absolute atomic E-state index is 14.2. The fraction of sp³-hybridized carbons (Fsp3) is 0.438. The number of aromatic nitrogens is 2. The lowest BCUT2D eigenvalue weighted by molar-refractivity contribution is 0.469. The van der Waals surface area contributed by atoms with Crippen LogP contribution in [0.15, 0.2) is 24.3 Å². The van der Waals surface area contributed by atoms with Gasteiger partial charge in [-0.1, -0.05) is 38.0 Å². The molecule has 1 aromatic heterocycles. The minimum atomic E-state index is -0.241. The van der Waals surface area contributed by atoms with Crippen molar-refractivity contribution in [2.45, 2.75) is 38.0 Å². The number of benzene rings is 1. The van der Waals surface area contributed by atoms with Crippen molar-refractivity contribution in [2.75, 3.05) is 5.73 Å². The largest absolute Gasteiger partial charge is 0.383 e. The molecule has 0 bridgehead atoms. The SMILES string of the molecule is Cn1nc(C2(C)CCCC2)c(-c2ccccc2F)c1N. The van der Waals surface area contributed by atoms with Gasteiger partial charge < -0.3 is 5.73 Å².